The normalized spacial score (nSPS) is 11.1. The van der Waals surface area contributed by atoms with Gasteiger partial charge in [-0.3, -0.25) is 0 Å². The van der Waals surface area contributed by atoms with Gasteiger partial charge in [0.05, 0.1) is 35.7 Å². The molecule has 0 spiro atoms. The van der Waals surface area contributed by atoms with E-state index in [-0.39, 0.29) is 24.0 Å². The lowest BCUT2D eigenvalue weighted by molar-refractivity contribution is 0.414. The highest BCUT2D eigenvalue weighted by molar-refractivity contribution is 14.0. The van der Waals surface area contributed by atoms with Crippen molar-refractivity contribution in [1.29, 1.82) is 0 Å². The summed E-state index contributed by atoms with van der Waals surface area (Å²) in [6, 6.07) is 9.79. The summed E-state index contributed by atoms with van der Waals surface area (Å²) >= 11 is 1.76. The van der Waals surface area contributed by atoms with Crippen molar-refractivity contribution >= 4 is 41.3 Å². The lowest BCUT2D eigenvalue weighted by atomic mass is 10.3. The van der Waals surface area contributed by atoms with Crippen LogP contribution in [0.5, 0.6) is 5.75 Å². The zero-order chi connectivity index (χ0) is 20.6. The highest BCUT2D eigenvalue weighted by atomic mass is 127. The summed E-state index contributed by atoms with van der Waals surface area (Å²) < 4.78 is 7.05. The minimum atomic E-state index is 0. The monoisotopic (exact) mass is 540 g/mol. The Kier molecular flexibility index (Phi) is 9.57. The molecule has 2 N–H and O–H groups in total. The van der Waals surface area contributed by atoms with Crippen LogP contribution in [0.25, 0.3) is 5.69 Å². The maximum absolute atomic E-state index is 5.20. The molecule has 0 fully saturated rings. The van der Waals surface area contributed by atoms with E-state index < -0.39 is 0 Å². The van der Waals surface area contributed by atoms with E-state index in [1.807, 2.05) is 41.2 Å². The van der Waals surface area contributed by atoms with Crippen LogP contribution < -0.4 is 15.4 Å². The van der Waals surface area contributed by atoms with Crippen molar-refractivity contribution in [3.05, 3.63) is 57.8 Å². The quantitative estimate of drug-likeness (QED) is 0.258. The summed E-state index contributed by atoms with van der Waals surface area (Å²) in [4.78, 5) is 10.5. The molecule has 162 valence electrons. The van der Waals surface area contributed by atoms with Crippen molar-refractivity contribution in [3.8, 4) is 11.4 Å². The van der Waals surface area contributed by atoms with Crippen LogP contribution in [0.15, 0.2) is 41.5 Å². The molecule has 9 heteroatoms. The van der Waals surface area contributed by atoms with Gasteiger partial charge < -0.3 is 15.4 Å². The summed E-state index contributed by atoms with van der Waals surface area (Å²) in [7, 11) is 1.66. The average Bonchev–Trinajstić information content (AvgIpc) is 3.33. The maximum atomic E-state index is 5.20. The summed E-state index contributed by atoms with van der Waals surface area (Å²) in [6.45, 7) is 8.33. The van der Waals surface area contributed by atoms with Crippen LogP contribution in [0.1, 0.15) is 28.2 Å². The molecule has 7 nitrogen and oxygen atoms in total. The Labute approximate surface area is 199 Å². The summed E-state index contributed by atoms with van der Waals surface area (Å²) in [5, 5.41) is 12.4. The third-order valence-electron chi connectivity index (χ3n) is 4.43. The Morgan fingerprint density at radius 3 is 2.57 bits per heavy atom. The molecule has 0 aliphatic heterocycles. The average molecular weight is 540 g/mol. The fourth-order valence-corrected chi connectivity index (χ4v) is 3.69. The Morgan fingerprint density at radius 2 is 1.93 bits per heavy atom. The van der Waals surface area contributed by atoms with Crippen LogP contribution in [-0.4, -0.2) is 40.9 Å². The minimum Gasteiger partial charge on any atom is -0.497 e. The predicted octanol–water partition coefficient (Wildman–Crippen LogP) is 3.87. The molecule has 3 rings (SSSR count). The number of thiazole rings is 1. The van der Waals surface area contributed by atoms with E-state index >= 15 is 0 Å². The number of benzene rings is 1. The summed E-state index contributed by atoms with van der Waals surface area (Å²) in [5.41, 5.74) is 3.02. The number of aryl methyl sites for hydroxylation is 2. The first-order valence-corrected chi connectivity index (χ1v) is 10.5. The number of aromatic nitrogens is 3. The molecule has 0 aliphatic rings. The molecule has 2 heterocycles. The third kappa shape index (κ3) is 6.69. The van der Waals surface area contributed by atoms with E-state index in [1.54, 1.807) is 18.4 Å². The van der Waals surface area contributed by atoms with E-state index in [1.165, 1.54) is 4.88 Å². The second-order valence-electron chi connectivity index (χ2n) is 6.57. The molecule has 0 atom stereocenters. The molecular weight excluding hydrogens is 511 g/mol. The fourth-order valence-electron chi connectivity index (χ4n) is 2.76. The third-order valence-corrected chi connectivity index (χ3v) is 5.56. The summed E-state index contributed by atoms with van der Waals surface area (Å²) in [6.07, 6.45) is 2.83. The Hall–Kier alpha value is -2.14. The zero-order valence-corrected chi connectivity index (χ0v) is 21.0. The van der Waals surface area contributed by atoms with E-state index in [2.05, 4.69) is 46.5 Å². The number of guanidine groups is 1. The van der Waals surface area contributed by atoms with Gasteiger partial charge in [-0.15, -0.1) is 35.3 Å². The van der Waals surface area contributed by atoms with Crippen molar-refractivity contribution in [2.45, 2.75) is 33.7 Å². The van der Waals surface area contributed by atoms with Crippen LogP contribution in [-0.2, 0) is 13.0 Å². The molecule has 0 saturated carbocycles. The molecule has 2 aromatic heterocycles. The van der Waals surface area contributed by atoms with Crippen LogP contribution in [0.3, 0.4) is 0 Å². The van der Waals surface area contributed by atoms with Crippen LogP contribution in [0, 0.1) is 13.8 Å². The van der Waals surface area contributed by atoms with Gasteiger partial charge in [0.25, 0.3) is 0 Å². The zero-order valence-electron chi connectivity index (χ0n) is 17.8. The van der Waals surface area contributed by atoms with Gasteiger partial charge in [-0.25, -0.2) is 14.7 Å². The van der Waals surface area contributed by atoms with E-state index in [9.17, 15) is 0 Å². The first-order chi connectivity index (χ1) is 14.1. The lowest BCUT2D eigenvalue weighted by Crippen LogP contribution is -2.38. The second kappa shape index (κ2) is 11.9. The largest absolute Gasteiger partial charge is 0.497 e. The van der Waals surface area contributed by atoms with Gasteiger partial charge in [0.2, 0.25) is 0 Å². The SMILES string of the molecule is CCNC(=NCc1ccn(-c2ccc(OC)cc2)n1)NCCc1nc(C)c(C)s1.I. The van der Waals surface area contributed by atoms with Crippen molar-refractivity contribution < 1.29 is 4.74 Å². The number of aliphatic imine (C=N–C) groups is 1. The number of nitrogens with one attached hydrogen (secondary N) is 2. The van der Waals surface area contributed by atoms with Gasteiger partial charge in [0.1, 0.15) is 5.75 Å². The molecule has 0 amide bonds. The van der Waals surface area contributed by atoms with Crippen LogP contribution in [0.2, 0.25) is 0 Å². The molecule has 0 radical (unpaired) electrons. The van der Waals surface area contributed by atoms with Gasteiger partial charge in [0.15, 0.2) is 5.96 Å². The number of hydrogen-bond donors (Lipinski definition) is 2. The topological polar surface area (TPSA) is 76.4 Å². The van der Waals surface area contributed by atoms with Crippen molar-refractivity contribution in [2.75, 3.05) is 20.2 Å². The molecule has 3 aromatic rings. The highest BCUT2D eigenvalue weighted by Gasteiger charge is 2.05. The Bertz CT molecular complexity index is 931. The highest BCUT2D eigenvalue weighted by Crippen LogP contribution is 2.16. The van der Waals surface area contributed by atoms with Gasteiger partial charge in [-0.1, -0.05) is 0 Å². The van der Waals surface area contributed by atoms with Crippen molar-refractivity contribution in [3.63, 3.8) is 0 Å². The molecule has 0 bridgehead atoms. The standard InChI is InChI=1S/C21H28N6OS.HI/c1-5-22-21(23-12-10-20-25-15(2)16(3)29-20)24-14-17-11-13-27(26-17)18-6-8-19(28-4)9-7-18;/h6-9,11,13H,5,10,12,14H2,1-4H3,(H2,22,23,24);1H. The molecule has 30 heavy (non-hydrogen) atoms. The number of ether oxygens (including phenoxy) is 1. The number of hydrogen-bond acceptors (Lipinski definition) is 5. The molecule has 0 unspecified atom stereocenters. The van der Waals surface area contributed by atoms with Gasteiger partial charge in [-0.2, -0.15) is 5.10 Å². The number of rotatable bonds is 8. The second-order valence-corrected chi connectivity index (χ2v) is 7.86. The molecule has 0 saturated heterocycles. The number of nitrogens with zero attached hydrogens (tertiary/aromatic N) is 4. The first kappa shape index (κ1) is 24.1. The summed E-state index contributed by atoms with van der Waals surface area (Å²) in [5.74, 6) is 1.62. The fraction of sp³-hybridized carbons (Fsp3) is 0.381. The van der Waals surface area contributed by atoms with Gasteiger partial charge >= 0.3 is 0 Å². The minimum absolute atomic E-state index is 0. The van der Waals surface area contributed by atoms with Crippen LogP contribution >= 0.6 is 35.3 Å². The van der Waals surface area contributed by atoms with Crippen molar-refractivity contribution in [2.24, 2.45) is 4.99 Å². The Balaban J connectivity index is 0.00000320. The van der Waals surface area contributed by atoms with Crippen molar-refractivity contribution in [1.82, 2.24) is 25.4 Å². The number of methoxy groups -OCH3 is 1. The maximum Gasteiger partial charge on any atom is 0.191 e. The number of halogens is 1. The van der Waals surface area contributed by atoms with Gasteiger partial charge in [-0.05, 0) is 51.1 Å². The van der Waals surface area contributed by atoms with E-state index in [0.29, 0.717) is 6.54 Å². The lowest BCUT2D eigenvalue weighted by Gasteiger charge is -2.10. The Morgan fingerprint density at radius 1 is 1.17 bits per heavy atom. The van der Waals surface area contributed by atoms with Crippen LogP contribution in [0.4, 0.5) is 0 Å². The molecule has 0 aliphatic carbocycles. The molecular formula is C21H29IN6OS. The van der Waals surface area contributed by atoms with E-state index in [4.69, 9.17) is 4.74 Å². The molecule has 1 aromatic carbocycles. The first-order valence-electron chi connectivity index (χ1n) is 9.73. The van der Waals surface area contributed by atoms with E-state index in [0.717, 1.165) is 53.3 Å². The smallest absolute Gasteiger partial charge is 0.191 e. The predicted molar refractivity (Wildman–Crippen MR) is 134 cm³/mol. The van der Waals surface area contributed by atoms with Gasteiger partial charge in [0, 0.05) is 30.6 Å².